The Labute approximate surface area is 115 Å². The van der Waals surface area contributed by atoms with Crippen LogP contribution < -0.4 is 5.32 Å². The Morgan fingerprint density at radius 1 is 1.47 bits per heavy atom. The van der Waals surface area contributed by atoms with Crippen molar-refractivity contribution < 1.29 is 18.7 Å². The summed E-state index contributed by atoms with van der Waals surface area (Å²) >= 11 is 5.73. The van der Waals surface area contributed by atoms with Gasteiger partial charge in [-0.1, -0.05) is 24.6 Å². The molecule has 0 fully saturated rings. The van der Waals surface area contributed by atoms with Gasteiger partial charge in [-0.05, 0) is 24.6 Å². The van der Waals surface area contributed by atoms with Crippen LogP contribution in [0.25, 0.3) is 0 Å². The fourth-order valence-electron chi connectivity index (χ4n) is 1.18. The van der Waals surface area contributed by atoms with Crippen LogP contribution in [0, 0.1) is 5.82 Å². The molecule has 102 valence electrons. The second-order valence-electron chi connectivity index (χ2n) is 3.59. The maximum Gasteiger partial charge on any atom is 0.330 e. The Morgan fingerprint density at radius 2 is 2.21 bits per heavy atom. The van der Waals surface area contributed by atoms with E-state index in [2.05, 4.69) is 10.1 Å². The molecule has 0 radical (unpaired) electrons. The topological polar surface area (TPSA) is 55.4 Å². The summed E-state index contributed by atoms with van der Waals surface area (Å²) in [6, 6.07) is 3.57. The average molecular weight is 286 g/mol. The van der Waals surface area contributed by atoms with Gasteiger partial charge in [0, 0.05) is 6.08 Å². The molecule has 0 saturated carbocycles. The van der Waals surface area contributed by atoms with Crippen molar-refractivity contribution in [1.82, 2.24) is 0 Å². The molecule has 0 unspecified atom stereocenters. The van der Waals surface area contributed by atoms with E-state index in [1.807, 2.05) is 6.92 Å². The minimum atomic E-state index is -0.595. The summed E-state index contributed by atoms with van der Waals surface area (Å²) in [6.07, 6.45) is 3.57. The number of nitrogens with one attached hydrogen (secondary N) is 1. The van der Waals surface area contributed by atoms with E-state index in [1.165, 1.54) is 12.1 Å². The van der Waals surface area contributed by atoms with Gasteiger partial charge in [-0.25, -0.2) is 9.18 Å². The number of allylic oxidation sites excluding steroid dienone is 1. The van der Waals surface area contributed by atoms with E-state index in [-0.39, 0.29) is 10.7 Å². The molecular formula is C13H13ClFNO3. The van der Waals surface area contributed by atoms with Crippen LogP contribution in [0.4, 0.5) is 10.1 Å². The van der Waals surface area contributed by atoms with Crippen molar-refractivity contribution in [3.63, 3.8) is 0 Å². The summed E-state index contributed by atoms with van der Waals surface area (Å²) in [5.41, 5.74) is 0.258. The molecular weight excluding hydrogens is 273 g/mol. The minimum Gasteiger partial charge on any atom is -0.452 e. The highest BCUT2D eigenvalue weighted by molar-refractivity contribution is 6.33. The van der Waals surface area contributed by atoms with Gasteiger partial charge in [0.2, 0.25) is 0 Å². The van der Waals surface area contributed by atoms with Gasteiger partial charge in [-0.2, -0.15) is 0 Å². The first kappa shape index (κ1) is 15.2. The lowest BCUT2D eigenvalue weighted by molar-refractivity contribution is -0.142. The Morgan fingerprint density at radius 3 is 2.84 bits per heavy atom. The number of benzene rings is 1. The van der Waals surface area contributed by atoms with E-state index in [4.69, 9.17) is 11.6 Å². The Bertz CT molecular complexity index is 503. The Hall–Kier alpha value is -1.88. The molecule has 0 aliphatic rings. The molecule has 0 atom stereocenters. The van der Waals surface area contributed by atoms with Crippen molar-refractivity contribution >= 4 is 29.2 Å². The highest BCUT2D eigenvalue weighted by Crippen LogP contribution is 2.22. The normalized spacial score (nSPS) is 10.5. The summed E-state index contributed by atoms with van der Waals surface area (Å²) in [6.45, 7) is 1.44. The quantitative estimate of drug-likeness (QED) is 0.668. The molecule has 0 saturated heterocycles. The lowest BCUT2D eigenvalue weighted by atomic mass is 10.3. The third-order valence-electron chi connectivity index (χ3n) is 2.04. The molecule has 1 rings (SSSR count). The van der Waals surface area contributed by atoms with E-state index in [1.54, 1.807) is 6.08 Å². The maximum absolute atomic E-state index is 12.8. The smallest absolute Gasteiger partial charge is 0.330 e. The highest BCUT2D eigenvalue weighted by atomic mass is 35.5. The van der Waals surface area contributed by atoms with Crippen LogP contribution in [0.3, 0.4) is 0 Å². The monoisotopic (exact) mass is 285 g/mol. The van der Waals surface area contributed by atoms with E-state index >= 15 is 0 Å². The first-order valence-corrected chi connectivity index (χ1v) is 5.99. The Balaban J connectivity index is 2.47. The first-order valence-electron chi connectivity index (χ1n) is 5.61. The number of anilines is 1. The fourth-order valence-corrected chi connectivity index (χ4v) is 1.39. The number of rotatable bonds is 5. The highest BCUT2D eigenvalue weighted by Gasteiger charge is 2.08. The molecule has 6 heteroatoms. The number of carbonyl (C=O) groups excluding carboxylic acids is 2. The van der Waals surface area contributed by atoms with Gasteiger partial charge in [0.1, 0.15) is 5.82 Å². The van der Waals surface area contributed by atoms with E-state index in [0.717, 1.165) is 12.1 Å². The molecule has 1 N–H and O–H groups in total. The van der Waals surface area contributed by atoms with Crippen molar-refractivity contribution in [2.75, 3.05) is 11.9 Å². The molecule has 0 bridgehead atoms. The van der Waals surface area contributed by atoms with Crippen LogP contribution in [-0.4, -0.2) is 18.5 Å². The number of hydrogen-bond acceptors (Lipinski definition) is 3. The summed E-state index contributed by atoms with van der Waals surface area (Å²) in [4.78, 5) is 22.6. The van der Waals surface area contributed by atoms with Crippen LogP contribution in [0.1, 0.15) is 13.3 Å². The van der Waals surface area contributed by atoms with Crippen LogP contribution in [-0.2, 0) is 14.3 Å². The lowest BCUT2D eigenvalue weighted by Gasteiger charge is -2.07. The molecule has 1 aromatic rings. The zero-order chi connectivity index (χ0) is 14.3. The Kier molecular flexibility index (Phi) is 6.02. The average Bonchev–Trinajstić information content (AvgIpc) is 2.37. The summed E-state index contributed by atoms with van der Waals surface area (Å²) in [5, 5.41) is 2.48. The van der Waals surface area contributed by atoms with E-state index in [9.17, 15) is 14.0 Å². The predicted octanol–water partition coefficient (Wildman–Crippen LogP) is 2.93. The van der Waals surface area contributed by atoms with Gasteiger partial charge in [-0.15, -0.1) is 0 Å². The third-order valence-corrected chi connectivity index (χ3v) is 2.35. The van der Waals surface area contributed by atoms with Gasteiger partial charge in [0.15, 0.2) is 6.61 Å². The number of amides is 1. The number of ether oxygens (including phenoxy) is 1. The van der Waals surface area contributed by atoms with Crippen molar-refractivity contribution in [2.45, 2.75) is 13.3 Å². The molecule has 1 aromatic carbocycles. The maximum atomic E-state index is 12.8. The summed E-state index contributed by atoms with van der Waals surface area (Å²) in [5.74, 6) is -1.65. The number of hydrogen-bond donors (Lipinski definition) is 1. The second-order valence-corrected chi connectivity index (χ2v) is 4.00. The van der Waals surface area contributed by atoms with Crippen molar-refractivity contribution in [3.8, 4) is 0 Å². The van der Waals surface area contributed by atoms with E-state index < -0.39 is 24.3 Å². The molecule has 1 amide bonds. The molecule has 4 nitrogen and oxygen atoms in total. The first-order chi connectivity index (χ1) is 9.02. The van der Waals surface area contributed by atoms with Crippen LogP contribution in [0.2, 0.25) is 5.02 Å². The van der Waals surface area contributed by atoms with Crippen molar-refractivity contribution in [2.24, 2.45) is 0 Å². The molecule has 0 aromatic heterocycles. The van der Waals surface area contributed by atoms with Crippen LogP contribution in [0.5, 0.6) is 0 Å². The lowest BCUT2D eigenvalue weighted by Crippen LogP contribution is -2.20. The SMILES string of the molecule is CC/C=C/C(=O)OCC(=O)Nc1ccc(F)cc1Cl. The van der Waals surface area contributed by atoms with Crippen molar-refractivity contribution in [3.05, 3.63) is 41.2 Å². The third kappa shape index (κ3) is 5.52. The van der Waals surface area contributed by atoms with Crippen LogP contribution in [0.15, 0.2) is 30.4 Å². The number of esters is 1. The van der Waals surface area contributed by atoms with Gasteiger partial charge < -0.3 is 10.1 Å². The minimum absolute atomic E-state index is 0.0746. The second kappa shape index (κ2) is 7.53. The molecule has 0 aliphatic heterocycles. The van der Waals surface area contributed by atoms with Crippen LogP contribution >= 0.6 is 11.6 Å². The molecule has 0 spiro atoms. The van der Waals surface area contributed by atoms with Gasteiger partial charge in [0.25, 0.3) is 5.91 Å². The standard InChI is InChI=1S/C13H13ClFNO3/c1-2-3-4-13(18)19-8-12(17)16-11-6-5-9(15)7-10(11)14/h3-7H,2,8H2,1H3,(H,16,17)/b4-3+. The molecule has 19 heavy (non-hydrogen) atoms. The number of halogens is 2. The summed E-state index contributed by atoms with van der Waals surface area (Å²) < 4.78 is 17.5. The fraction of sp³-hybridized carbons (Fsp3) is 0.231. The van der Waals surface area contributed by atoms with Gasteiger partial charge in [0.05, 0.1) is 10.7 Å². The largest absolute Gasteiger partial charge is 0.452 e. The zero-order valence-corrected chi connectivity index (χ0v) is 11.0. The predicted molar refractivity (Wildman–Crippen MR) is 70.4 cm³/mol. The van der Waals surface area contributed by atoms with E-state index in [0.29, 0.717) is 6.42 Å². The van der Waals surface area contributed by atoms with Gasteiger partial charge >= 0.3 is 5.97 Å². The van der Waals surface area contributed by atoms with Crippen molar-refractivity contribution in [1.29, 1.82) is 0 Å². The molecule has 0 heterocycles. The summed E-state index contributed by atoms with van der Waals surface area (Å²) in [7, 11) is 0. The number of carbonyl (C=O) groups is 2. The molecule has 0 aliphatic carbocycles. The van der Waals surface area contributed by atoms with Gasteiger partial charge in [-0.3, -0.25) is 4.79 Å². The zero-order valence-electron chi connectivity index (χ0n) is 10.3.